The predicted molar refractivity (Wildman–Crippen MR) is 142 cm³/mol. The topological polar surface area (TPSA) is 72.2 Å². The molecule has 2 heterocycles. The van der Waals surface area contributed by atoms with Gasteiger partial charge in [-0.15, -0.1) is 11.3 Å². The second kappa shape index (κ2) is 12.0. The standard InChI is InChI=1S/C29H38N2O3S/c1-3-23(4-2)31-26-13-12-22(18-25(26)30-28(31)19-24-11-8-14-35-24)27(32)16-21(17-29(33)34)15-20-9-6-5-7-10-20/h8,11-14,18,20-21,23H,3-7,9-10,15-17,19H2,1-2H3,(H,33,34). The van der Waals surface area contributed by atoms with E-state index in [9.17, 15) is 14.7 Å². The van der Waals surface area contributed by atoms with Gasteiger partial charge in [0.05, 0.1) is 11.0 Å². The van der Waals surface area contributed by atoms with Crippen LogP contribution in [0.1, 0.15) is 105 Å². The first-order chi connectivity index (χ1) is 17.0. The Bertz CT molecular complexity index is 1120. The number of rotatable bonds is 12. The molecule has 6 heteroatoms. The highest BCUT2D eigenvalue weighted by molar-refractivity contribution is 7.09. The molecular weight excluding hydrogens is 456 g/mol. The van der Waals surface area contributed by atoms with E-state index in [1.54, 1.807) is 11.3 Å². The minimum absolute atomic E-state index is 0.0332. The van der Waals surface area contributed by atoms with Gasteiger partial charge in [0.2, 0.25) is 0 Å². The Labute approximate surface area is 212 Å². The highest BCUT2D eigenvalue weighted by Crippen LogP contribution is 2.33. The Balaban J connectivity index is 1.58. The van der Waals surface area contributed by atoms with Crippen LogP contribution in [0.4, 0.5) is 0 Å². The van der Waals surface area contributed by atoms with E-state index < -0.39 is 5.97 Å². The fraction of sp³-hybridized carbons (Fsp3) is 0.552. The van der Waals surface area contributed by atoms with Crippen molar-refractivity contribution in [1.82, 2.24) is 9.55 Å². The summed E-state index contributed by atoms with van der Waals surface area (Å²) >= 11 is 1.74. The smallest absolute Gasteiger partial charge is 0.303 e. The molecule has 1 aliphatic carbocycles. The molecule has 0 spiro atoms. The van der Waals surface area contributed by atoms with E-state index in [-0.39, 0.29) is 18.1 Å². The van der Waals surface area contributed by atoms with Gasteiger partial charge in [0.1, 0.15) is 5.82 Å². The number of carbonyl (C=O) groups excluding carboxylic acids is 1. The maximum Gasteiger partial charge on any atom is 0.303 e. The third kappa shape index (κ3) is 6.40. The third-order valence-electron chi connectivity index (χ3n) is 7.63. The van der Waals surface area contributed by atoms with Crippen molar-refractivity contribution in [3.05, 3.63) is 52.0 Å². The van der Waals surface area contributed by atoms with Crippen molar-refractivity contribution < 1.29 is 14.7 Å². The van der Waals surface area contributed by atoms with Gasteiger partial charge in [-0.25, -0.2) is 4.98 Å². The van der Waals surface area contributed by atoms with Crippen LogP contribution in [0.15, 0.2) is 35.7 Å². The van der Waals surface area contributed by atoms with Crippen molar-refractivity contribution >= 4 is 34.1 Å². The lowest BCUT2D eigenvalue weighted by Crippen LogP contribution is -2.18. The summed E-state index contributed by atoms with van der Waals surface area (Å²) in [6.45, 7) is 4.42. The Morgan fingerprint density at radius 2 is 1.89 bits per heavy atom. The van der Waals surface area contributed by atoms with Crippen LogP contribution in [-0.2, 0) is 11.2 Å². The average molecular weight is 495 g/mol. The summed E-state index contributed by atoms with van der Waals surface area (Å²) in [6.07, 6.45) is 10.1. The van der Waals surface area contributed by atoms with Gasteiger partial charge < -0.3 is 9.67 Å². The highest BCUT2D eigenvalue weighted by Gasteiger charge is 2.25. The number of hydrogen-bond donors (Lipinski definition) is 1. The van der Waals surface area contributed by atoms with Crippen LogP contribution in [-0.4, -0.2) is 26.4 Å². The molecule has 0 saturated heterocycles. The summed E-state index contributed by atoms with van der Waals surface area (Å²) in [5, 5.41) is 11.5. The van der Waals surface area contributed by atoms with Gasteiger partial charge in [-0.2, -0.15) is 0 Å². The quantitative estimate of drug-likeness (QED) is 0.262. The van der Waals surface area contributed by atoms with E-state index in [2.05, 4.69) is 35.9 Å². The molecule has 2 aromatic heterocycles. The number of benzene rings is 1. The first kappa shape index (κ1) is 25.6. The summed E-state index contributed by atoms with van der Waals surface area (Å²) < 4.78 is 2.36. The van der Waals surface area contributed by atoms with Crippen LogP contribution in [0.3, 0.4) is 0 Å². The molecule has 5 nitrogen and oxygen atoms in total. The number of imidazole rings is 1. The molecule has 35 heavy (non-hydrogen) atoms. The van der Waals surface area contributed by atoms with Crippen molar-refractivity contribution in [3.63, 3.8) is 0 Å². The maximum atomic E-state index is 13.3. The number of ketones is 1. The number of carbonyl (C=O) groups is 2. The van der Waals surface area contributed by atoms with Crippen LogP contribution >= 0.6 is 11.3 Å². The Morgan fingerprint density at radius 3 is 2.54 bits per heavy atom. The van der Waals surface area contributed by atoms with Gasteiger partial charge in [0.25, 0.3) is 0 Å². The molecule has 0 aliphatic heterocycles. The maximum absolute atomic E-state index is 13.3. The number of thiophene rings is 1. The molecule has 1 fully saturated rings. The van der Waals surface area contributed by atoms with Gasteiger partial charge >= 0.3 is 5.97 Å². The second-order valence-electron chi connectivity index (χ2n) is 10.2. The lowest BCUT2D eigenvalue weighted by molar-refractivity contribution is -0.138. The Kier molecular flexibility index (Phi) is 8.77. The molecule has 1 unspecified atom stereocenters. The van der Waals surface area contributed by atoms with Crippen LogP contribution in [0, 0.1) is 11.8 Å². The Morgan fingerprint density at radius 1 is 1.11 bits per heavy atom. The molecule has 0 bridgehead atoms. The summed E-state index contributed by atoms with van der Waals surface area (Å²) in [7, 11) is 0. The Hall–Kier alpha value is -2.47. The normalized spacial score (nSPS) is 15.6. The van der Waals surface area contributed by atoms with Crippen LogP contribution in [0.25, 0.3) is 11.0 Å². The van der Waals surface area contributed by atoms with E-state index >= 15 is 0 Å². The zero-order valence-corrected chi connectivity index (χ0v) is 21.9. The lowest BCUT2D eigenvalue weighted by Gasteiger charge is -2.25. The summed E-state index contributed by atoms with van der Waals surface area (Å²) in [5.74, 6) is 0.720. The average Bonchev–Trinajstić information content (AvgIpc) is 3.48. The first-order valence-corrected chi connectivity index (χ1v) is 14.1. The number of nitrogens with zero attached hydrogens (tertiary/aromatic N) is 2. The fourth-order valence-corrected chi connectivity index (χ4v) is 6.54. The molecule has 1 atom stereocenters. The van der Waals surface area contributed by atoms with Gasteiger partial charge in [0.15, 0.2) is 5.78 Å². The molecule has 1 aliphatic rings. The molecule has 1 N–H and O–H groups in total. The van der Waals surface area contributed by atoms with Gasteiger partial charge in [-0.05, 0) is 60.7 Å². The molecule has 1 saturated carbocycles. The zero-order chi connectivity index (χ0) is 24.8. The number of Topliss-reactive ketones (excluding diaryl/α,β-unsaturated/α-hetero) is 1. The molecule has 0 amide bonds. The summed E-state index contributed by atoms with van der Waals surface area (Å²) in [5.41, 5.74) is 2.58. The third-order valence-corrected chi connectivity index (χ3v) is 8.51. The van der Waals surface area contributed by atoms with Crippen molar-refractivity contribution in [3.8, 4) is 0 Å². The van der Waals surface area contributed by atoms with E-state index in [1.165, 1.54) is 24.1 Å². The number of aromatic nitrogens is 2. The van der Waals surface area contributed by atoms with Gasteiger partial charge in [0, 0.05) is 35.7 Å². The molecule has 4 rings (SSSR count). The second-order valence-corrected chi connectivity index (χ2v) is 11.2. The first-order valence-electron chi connectivity index (χ1n) is 13.3. The minimum atomic E-state index is -0.809. The minimum Gasteiger partial charge on any atom is -0.481 e. The molecule has 1 aromatic carbocycles. The van der Waals surface area contributed by atoms with Gasteiger partial charge in [-0.1, -0.05) is 52.0 Å². The predicted octanol–water partition coefficient (Wildman–Crippen LogP) is 7.68. The van der Waals surface area contributed by atoms with Crippen molar-refractivity contribution in [2.75, 3.05) is 0 Å². The van der Waals surface area contributed by atoms with E-state index in [4.69, 9.17) is 4.98 Å². The summed E-state index contributed by atoms with van der Waals surface area (Å²) in [4.78, 5) is 31.1. The van der Waals surface area contributed by atoms with Crippen LogP contribution in [0.5, 0.6) is 0 Å². The molecule has 188 valence electrons. The van der Waals surface area contributed by atoms with Crippen molar-refractivity contribution in [2.24, 2.45) is 11.8 Å². The van der Waals surface area contributed by atoms with Crippen LogP contribution in [0.2, 0.25) is 0 Å². The largest absolute Gasteiger partial charge is 0.481 e. The summed E-state index contributed by atoms with van der Waals surface area (Å²) in [6, 6.07) is 10.5. The number of hydrogen-bond acceptors (Lipinski definition) is 4. The highest BCUT2D eigenvalue weighted by atomic mass is 32.1. The number of fused-ring (bicyclic) bond motifs is 1. The van der Waals surface area contributed by atoms with E-state index in [1.807, 2.05) is 18.2 Å². The molecule has 0 radical (unpaired) electrons. The van der Waals surface area contributed by atoms with E-state index in [0.717, 1.165) is 55.4 Å². The fourth-order valence-electron chi connectivity index (χ4n) is 5.84. The monoisotopic (exact) mass is 494 g/mol. The van der Waals surface area contributed by atoms with Crippen LogP contribution < -0.4 is 0 Å². The molecule has 3 aromatic rings. The SMILES string of the molecule is CCC(CC)n1c(Cc2cccs2)nc2cc(C(=O)CC(CC(=O)O)CC3CCCCC3)ccc21. The lowest BCUT2D eigenvalue weighted by atomic mass is 9.80. The number of carboxylic acid groups (broad SMARTS) is 1. The van der Waals surface area contributed by atoms with E-state index in [0.29, 0.717) is 23.9 Å². The number of carboxylic acids is 1. The van der Waals surface area contributed by atoms with Crippen molar-refractivity contribution in [2.45, 2.75) is 90.5 Å². The van der Waals surface area contributed by atoms with Gasteiger partial charge in [-0.3, -0.25) is 9.59 Å². The molecular formula is C29H38N2O3S. The van der Waals surface area contributed by atoms with Crippen molar-refractivity contribution in [1.29, 1.82) is 0 Å². The zero-order valence-electron chi connectivity index (χ0n) is 21.0. The number of aliphatic carboxylic acids is 1.